The van der Waals surface area contributed by atoms with E-state index < -0.39 is 0 Å². The molecule has 0 bridgehead atoms. The zero-order valence-corrected chi connectivity index (χ0v) is 15.6. The predicted octanol–water partition coefficient (Wildman–Crippen LogP) is 3.26. The summed E-state index contributed by atoms with van der Waals surface area (Å²) in [7, 11) is 0. The molecule has 0 spiro atoms. The van der Waals surface area contributed by atoms with Gasteiger partial charge in [0.25, 0.3) is 5.91 Å². The van der Waals surface area contributed by atoms with Gasteiger partial charge in [0.2, 0.25) is 0 Å². The number of likely N-dealkylation sites (tertiary alicyclic amines) is 1. The average Bonchev–Trinajstić information content (AvgIpc) is 3.07. The summed E-state index contributed by atoms with van der Waals surface area (Å²) >= 11 is 1.43. The lowest BCUT2D eigenvalue weighted by molar-refractivity contribution is -0.118. The van der Waals surface area contributed by atoms with E-state index in [1.54, 1.807) is 24.3 Å². The molecule has 0 aliphatic carbocycles. The van der Waals surface area contributed by atoms with Crippen molar-refractivity contribution in [2.45, 2.75) is 26.3 Å². The van der Waals surface area contributed by atoms with Crippen molar-refractivity contribution in [2.75, 3.05) is 25.0 Å². The maximum absolute atomic E-state index is 12.0. The van der Waals surface area contributed by atoms with Crippen LogP contribution < -0.4 is 10.1 Å². The van der Waals surface area contributed by atoms with Crippen molar-refractivity contribution in [3.8, 4) is 11.8 Å². The monoisotopic (exact) mass is 370 g/mol. The number of piperidine rings is 1. The Morgan fingerprint density at radius 3 is 3.00 bits per heavy atom. The number of hydrogen-bond donors (Lipinski definition) is 1. The number of rotatable bonds is 6. The second-order valence-electron chi connectivity index (χ2n) is 6.60. The van der Waals surface area contributed by atoms with Crippen LogP contribution in [0, 0.1) is 17.2 Å². The van der Waals surface area contributed by atoms with Crippen molar-refractivity contribution in [3.05, 3.63) is 40.9 Å². The summed E-state index contributed by atoms with van der Waals surface area (Å²) in [6.07, 6.45) is 2.54. The van der Waals surface area contributed by atoms with Crippen LogP contribution in [0.3, 0.4) is 0 Å². The van der Waals surface area contributed by atoms with Gasteiger partial charge in [-0.15, -0.1) is 11.3 Å². The number of thiazole rings is 1. The van der Waals surface area contributed by atoms with Crippen LogP contribution in [0.2, 0.25) is 0 Å². The average molecular weight is 370 g/mol. The molecule has 1 aliphatic rings. The van der Waals surface area contributed by atoms with Crippen molar-refractivity contribution in [2.24, 2.45) is 5.92 Å². The Labute approximate surface area is 157 Å². The molecule has 1 amide bonds. The Bertz CT molecular complexity index is 782. The van der Waals surface area contributed by atoms with E-state index in [0.29, 0.717) is 16.4 Å². The lowest BCUT2D eigenvalue weighted by Crippen LogP contribution is -2.33. The zero-order valence-electron chi connectivity index (χ0n) is 14.8. The molecule has 7 heteroatoms. The van der Waals surface area contributed by atoms with Gasteiger partial charge in [-0.25, -0.2) is 4.98 Å². The van der Waals surface area contributed by atoms with Crippen molar-refractivity contribution in [1.29, 1.82) is 5.26 Å². The summed E-state index contributed by atoms with van der Waals surface area (Å²) < 4.78 is 5.43. The number of ether oxygens (including phenoxy) is 1. The molecule has 136 valence electrons. The molecule has 26 heavy (non-hydrogen) atoms. The third kappa shape index (κ3) is 5.28. The number of anilines is 1. The Balaban J connectivity index is 1.45. The Morgan fingerprint density at radius 2 is 2.27 bits per heavy atom. The minimum Gasteiger partial charge on any atom is -0.484 e. The molecule has 1 N–H and O–H groups in total. The Kier molecular flexibility index (Phi) is 6.21. The number of nitriles is 1. The highest BCUT2D eigenvalue weighted by atomic mass is 32.1. The highest BCUT2D eigenvalue weighted by Gasteiger charge is 2.17. The first-order valence-electron chi connectivity index (χ1n) is 8.72. The summed E-state index contributed by atoms with van der Waals surface area (Å²) in [4.78, 5) is 18.9. The molecule has 1 saturated heterocycles. The second-order valence-corrected chi connectivity index (χ2v) is 7.46. The summed E-state index contributed by atoms with van der Waals surface area (Å²) in [6, 6.07) is 8.70. The molecule has 1 aromatic heterocycles. The smallest absolute Gasteiger partial charge is 0.264 e. The Morgan fingerprint density at radius 1 is 1.46 bits per heavy atom. The molecule has 2 aromatic rings. The minimum atomic E-state index is -0.248. The number of nitrogens with zero attached hydrogens (tertiary/aromatic N) is 3. The fraction of sp³-hybridized carbons (Fsp3) is 0.421. The van der Waals surface area contributed by atoms with E-state index in [9.17, 15) is 4.79 Å². The minimum absolute atomic E-state index is 0.0928. The largest absolute Gasteiger partial charge is 0.484 e. The van der Waals surface area contributed by atoms with Gasteiger partial charge in [-0.2, -0.15) is 5.26 Å². The lowest BCUT2D eigenvalue weighted by atomic mass is 10.0. The summed E-state index contributed by atoms with van der Waals surface area (Å²) in [5, 5.41) is 14.1. The van der Waals surface area contributed by atoms with Crippen molar-refractivity contribution in [1.82, 2.24) is 9.88 Å². The molecule has 0 radical (unpaired) electrons. The number of aromatic nitrogens is 1. The van der Waals surface area contributed by atoms with Crippen LogP contribution in [0.4, 0.5) is 5.13 Å². The quantitative estimate of drug-likeness (QED) is 0.844. The fourth-order valence-electron chi connectivity index (χ4n) is 3.03. The first-order chi connectivity index (χ1) is 12.6. The number of amides is 1. The molecule has 1 aromatic carbocycles. The van der Waals surface area contributed by atoms with Gasteiger partial charge in [-0.1, -0.05) is 6.92 Å². The van der Waals surface area contributed by atoms with Crippen molar-refractivity contribution in [3.63, 3.8) is 0 Å². The van der Waals surface area contributed by atoms with E-state index in [1.807, 2.05) is 11.4 Å². The van der Waals surface area contributed by atoms with Crippen molar-refractivity contribution < 1.29 is 9.53 Å². The van der Waals surface area contributed by atoms with Crippen molar-refractivity contribution >= 4 is 22.4 Å². The maximum atomic E-state index is 12.0. The van der Waals surface area contributed by atoms with Gasteiger partial charge in [-0.3, -0.25) is 15.0 Å². The third-order valence-corrected chi connectivity index (χ3v) is 5.08. The maximum Gasteiger partial charge on any atom is 0.264 e. The first kappa shape index (κ1) is 18.4. The molecule has 1 fully saturated rings. The topological polar surface area (TPSA) is 78.3 Å². The van der Waals surface area contributed by atoms with E-state index in [-0.39, 0.29) is 12.5 Å². The second kappa shape index (κ2) is 8.79. The van der Waals surface area contributed by atoms with Gasteiger partial charge in [0, 0.05) is 18.5 Å². The van der Waals surface area contributed by atoms with Crippen LogP contribution in [0.25, 0.3) is 0 Å². The number of hydrogen-bond acceptors (Lipinski definition) is 6. The summed E-state index contributed by atoms with van der Waals surface area (Å²) in [6.45, 7) is 5.25. The van der Waals surface area contributed by atoms with E-state index in [2.05, 4.69) is 22.1 Å². The molecule has 6 nitrogen and oxygen atoms in total. The van der Waals surface area contributed by atoms with E-state index in [4.69, 9.17) is 10.00 Å². The predicted molar refractivity (Wildman–Crippen MR) is 101 cm³/mol. The molecule has 0 saturated carbocycles. The number of benzene rings is 1. The van der Waals surface area contributed by atoms with E-state index in [0.717, 1.165) is 31.2 Å². The van der Waals surface area contributed by atoms with Crippen LogP contribution in [0.15, 0.2) is 29.6 Å². The normalized spacial score (nSPS) is 17.5. The highest BCUT2D eigenvalue weighted by Crippen LogP contribution is 2.21. The van der Waals surface area contributed by atoms with Gasteiger partial charge < -0.3 is 4.74 Å². The molecule has 0 unspecified atom stereocenters. The zero-order chi connectivity index (χ0) is 18.4. The van der Waals surface area contributed by atoms with Gasteiger partial charge in [0.15, 0.2) is 11.7 Å². The van der Waals surface area contributed by atoms with Crippen LogP contribution in [-0.2, 0) is 11.3 Å². The fourth-order valence-corrected chi connectivity index (χ4v) is 3.74. The van der Waals surface area contributed by atoms with Gasteiger partial charge >= 0.3 is 0 Å². The highest BCUT2D eigenvalue weighted by molar-refractivity contribution is 7.13. The standard InChI is InChI=1S/C19H22N4O2S/c1-14-3-2-8-23(10-14)11-16-13-26-19(21-16)22-18(24)12-25-17-6-4-15(9-20)5-7-17/h4-7,13-14H,2-3,8,10-12H2,1H3,(H,21,22,24)/t14-/m0/s1. The van der Waals surface area contributed by atoms with Crippen LogP contribution >= 0.6 is 11.3 Å². The van der Waals surface area contributed by atoms with Crippen LogP contribution in [-0.4, -0.2) is 35.5 Å². The number of carbonyl (C=O) groups is 1. The molecular formula is C19H22N4O2S. The van der Waals surface area contributed by atoms with E-state index in [1.165, 1.54) is 24.2 Å². The number of carbonyl (C=O) groups excluding carboxylic acids is 1. The lowest BCUT2D eigenvalue weighted by Gasteiger charge is -2.30. The number of nitrogens with one attached hydrogen (secondary N) is 1. The molecule has 1 atom stereocenters. The van der Waals surface area contributed by atoms with Gasteiger partial charge in [0.1, 0.15) is 5.75 Å². The molecule has 1 aliphatic heterocycles. The first-order valence-corrected chi connectivity index (χ1v) is 9.60. The van der Waals surface area contributed by atoms with Crippen LogP contribution in [0.5, 0.6) is 5.75 Å². The van der Waals surface area contributed by atoms with Crippen LogP contribution in [0.1, 0.15) is 31.0 Å². The molecule has 3 rings (SSSR count). The summed E-state index contributed by atoms with van der Waals surface area (Å²) in [5.41, 5.74) is 1.55. The Hall–Kier alpha value is -2.43. The molecule has 2 heterocycles. The van der Waals surface area contributed by atoms with Gasteiger partial charge in [-0.05, 0) is 49.6 Å². The molecular weight excluding hydrogens is 348 g/mol. The SMILES string of the molecule is C[C@H]1CCCN(Cc2csc(NC(=O)COc3ccc(C#N)cc3)n2)C1. The third-order valence-electron chi connectivity index (χ3n) is 4.28. The van der Waals surface area contributed by atoms with Gasteiger partial charge in [0.05, 0.1) is 17.3 Å². The summed E-state index contributed by atoms with van der Waals surface area (Å²) in [5.74, 6) is 1.04. The van der Waals surface area contributed by atoms with E-state index >= 15 is 0 Å².